The second kappa shape index (κ2) is 6.48. The van der Waals surface area contributed by atoms with E-state index in [-0.39, 0.29) is 35.1 Å². The molecule has 1 saturated heterocycles. The van der Waals surface area contributed by atoms with Gasteiger partial charge in [0.1, 0.15) is 23.0 Å². The van der Waals surface area contributed by atoms with Crippen LogP contribution in [-0.2, 0) is 11.3 Å². The van der Waals surface area contributed by atoms with Gasteiger partial charge in [0, 0.05) is 35.8 Å². The zero-order valence-corrected chi connectivity index (χ0v) is 17.4. The van der Waals surface area contributed by atoms with Gasteiger partial charge < -0.3 is 14.6 Å². The summed E-state index contributed by atoms with van der Waals surface area (Å²) in [7, 11) is 0. The molecular formula is C24H18F2N4O3. The van der Waals surface area contributed by atoms with Crippen LogP contribution < -0.4 is 5.56 Å². The lowest BCUT2D eigenvalue weighted by atomic mass is 9.95. The number of hydrogen-bond donors (Lipinski definition) is 1. The second-order valence-corrected chi connectivity index (χ2v) is 8.89. The molecule has 0 spiro atoms. The highest BCUT2D eigenvalue weighted by molar-refractivity contribution is 6.03. The van der Waals surface area contributed by atoms with Crippen molar-refractivity contribution in [2.24, 2.45) is 0 Å². The van der Waals surface area contributed by atoms with E-state index in [1.54, 1.807) is 12.3 Å². The van der Waals surface area contributed by atoms with Gasteiger partial charge in [-0.05, 0) is 42.7 Å². The van der Waals surface area contributed by atoms with Crippen LogP contribution in [0.5, 0.6) is 0 Å². The molecule has 3 aliphatic heterocycles. The number of fused-ring (bicyclic) bond motifs is 8. The van der Waals surface area contributed by atoms with E-state index in [2.05, 4.69) is 9.97 Å². The largest absolute Gasteiger partial charge is 0.381 e. The Morgan fingerprint density at radius 1 is 1.06 bits per heavy atom. The lowest BCUT2D eigenvalue weighted by Crippen LogP contribution is -2.22. The molecule has 0 aliphatic carbocycles. The molecule has 166 valence electrons. The first kappa shape index (κ1) is 18.9. The maximum atomic E-state index is 14.8. The summed E-state index contributed by atoms with van der Waals surface area (Å²) < 4.78 is 36.6. The van der Waals surface area contributed by atoms with Crippen LogP contribution in [0.25, 0.3) is 16.6 Å². The topological polar surface area (TPSA) is 79.7 Å². The summed E-state index contributed by atoms with van der Waals surface area (Å²) in [6.45, 7) is 1.27. The Hall–Kier alpha value is -3.59. The molecule has 1 unspecified atom stereocenters. The first-order valence-electron chi connectivity index (χ1n) is 11.0. The predicted molar refractivity (Wildman–Crippen MR) is 114 cm³/mol. The van der Waals surface area contributed by atoms with E-state index >= 15 is 0 Å². The van der Waals surface area contributed by atoms with E-state index in [1.165, 1.54) is 4.90 Å². The highest BCUT2D eigenvalue weighted by atomic mass is 19.1. The van der Waals surface area contributed by atoms with Crippen molar-refractivity contribution in [3.63, 3.8) is 0 Å². The van der Waals surface area contributed by atoms with E-state index in [0.717, 1.165) is 30.8 Å². The van der Waals surface area contributed by atoms with E-state index in [1.807, 2.05) is 10.5 Å². The highest BCUT2D eigenvalue weighted by Gasteiger charge is 2.46. The van der Waals surface area contributed by atoms with Gasteiger partial charge in [0.25, 0.3) is 11.5 Å². The fraction of sp³-hybridized carbons (Fsp3) is 0.292. The minimum absolute atomic E-state index is 0.0117. The summed E-state index contributed by atoms with van der Waals surface area (Å²) in [4.78, 5) is 34.9. The SMILES string of the molecule is O=C1c2cc3[nH]c(=O)c4cnc(C5CCOCC5)n4c3cc2C2c3c(F)ccc(F)c3CN12. The molecule has 1 fully saturated rings. The Balaban J connectivity index is 1.51. The smallest absolute Gasteiger partial charge is 0.274 e. The van der Waals surface area contributed by atoms with E-state index < -0.39 is 17.7 Å². The number of benzene rings is 2. The Kier molecular flexibility index (Phi) is 3.72. The van der Waals surface area contributed by atoms with Gasteiger partial charge in [0.2, 0.25) is 0 Å². The first-order valence-corrected chi connectivity index (χ1v) is 11.0. The third kappa shape index (κ3) is 2.42. The van der Waals surface area contributed by atoms with Gasteiger partial charge in [-0.3, -0.25) is 14.0 Å². The second-order valence-electron chi connectivity index (χ2n) is 8.89. The van der Waals surface area contributed by atoms with Crippen molar-refractivity contribution in [2.45, 2.75) is 31.3 Å². The summed E-state index contributed by atoms with van der Waals surface area (Å²) in [6, 6.07) is 4.98. The molecule has 3 aliphatic rings. The number of amides is 1. The maximum Gasteiger partial charge on any atom is 0.274 e. The van der Waals surface area contributed by atoms with E-state index in [4.69, 9.17) is 4.74 Å². The number of aromatic amines is 1. The molecule has 33 heavy (non-hydrogen) atoms. The number of rotatable bonds is 1. The van der Waals surface area contributed by atoms with E-state index in [9.17, 15) is 18.4 Å². The molecule has 4 aromatic rings. The predicted octanol–water partition coefficient (Wildman–Crippen LogP) is 3.41. The summed E-state index contributed by atoms with van der Waals surface area (Å²) in [5.41, 5.74) is 2.73. The number of halogens is 2. The molecule has 1 N–H and O–H groups in total. The van der Waals surface area contributed by atoms with Crippen molar-refractivity contribution in [1.29, 1.82) is 0 Å². The van der Waals surface area contributed by atoms with Crippen LogP contribution in [-0.4, -0.2) is 38.4 Å². The average Bonchev–Trinajstić information content (AvgIpc) is 3.50. The van der Waals surface area contributed by atoms with Crippen molar-refractivity contribution >= 4 is 22.5 Å². The first-order chi connectivity index (χ1) is 16.0. The minimum Gasteiger partial charge on any atom is -0.381 e. The minimum atomic E-state index is -0.695. The van der Waals surface area contributed by atoms with Crippen LogP contribution in [0.3, 0.4) is 0 Å². The molecule has 0 saturated carbocycles. The summed E-state index contributed by atoms with van der Waals surface area (Å²) in [5, 5.41) is 0. The van der Waals surface area contributed by atoms with Crippen molar-refractivity contribution in [2.75, 3.05) is 13.2 Å². The number of ether oxygens (including phenoxy) is 1. The molecule has 1 amide bonds. The molecule has 0 bridgehead atoms. The lowest BCUT2D eigenvalue weighted by molar-refractivity contribution is 0.0758. The van der Waals surface area contributed by atoms with Gasteiger partial charge in [-0.25, -0.2) is 13.8 Å². The van der Waals surface area contributed by atoms with Gasteiger partial charge >= 0.3 is 0 Å². The normalized spacial score (nSPS) is 20.0. The zero-order chi connectivity index (χ0) is 22.4. The Bertz CT molecular complexity index is 1570. The van der Waals surface area contributed by atoms with Crippen LogP contribution >= 0.6 is 0 Å². The van der Waals surface area contributed by atoms with Gasteiger partial charge in [0.15, 0.2) is 0 Å². The van der Waals surface area contributed by atoms with Crippen LogP contribution in [0, 0.1) is 11.6 Å². The summed E-state index contributed by atoms with van der Waals surface area (Å²) >= 11 is 0. The van der Waals surface area contributed by atoms with Crippen molar-refractivity contribution in [3.05, 3.63) is 80.5 Å². The number of hydrogen-bond acceptors (Lipinski definition) is 4. The van der Waals surface area contributed by atoms with Crippen molar-refractivity contribution in [3.8, 4) is 0 Å². The van der Waals surface area contributed by atoms with Crippen LogP contribution in [0.4, 0.5) is 8.78 Å². The van der Waals surface area contributed by atoms with Gasteiger partial charge in [-0.2, -0.15) is 0 Å². The number of carbonyl (C=O) groups excluding carboxylic acids is 1. The molecule has 9 heteroatoms. The fourth-order valence-electron chi connectivity index (χ4n) is 5.66. The van der Waals surface area contributed by atoms with Crippen LogP contribution in [0.2, 0.25) is 0 Å². The zero-order valence-electron chi connectivity index (χ0n) is 17.4. The number of nitrogens with one attached hydrogen (secondary N) is 1. The lowest BCUT2D eigenvalue weighted by Gasteiger charge is -2.21. The molecular weight excluding hydrogens is 430 g/mol. The van der Waals surface area contributed by atoms with Gasteiger partial charge in [0.05, 0.1) is 29.8 Å². The molecule has 2 aromatic carbocycles. The Morgan fingerprint density at radius 3 is 2.67 bits per heavy atom. The third-order valence-corrected chi connectivity index (χ3v) is 7.21. The maximum absolute atomic E-state index is 14.8. The number of nitrogens with zero attached hydrogens (tertiary/aromatic N) is 3. The number of H-pyrrole nitrogens is 1. The van der Waals surface area contributed by atoms with Crippen LogP contribution in [0.15, 0.2) is 35.3 Å². The van der Waals surface area contributed by atoms with Crippen molar-refractivity contribution in [1.82, 2.24) is 19.3 Å². The standard InChI is InChI=1S/C24H18F2N4O3/c25-15-1-2-16(26)20-14(15)10-29-21(20)12-8-18-17(7-13(12)24(29)32)28-23(31)19-9-27-22(30(18)19)11-3-5-33-6-4-11/h1-2,7-9,11,21H,3-6,10H2,(H,28,31). The molecule has 7 rings (SSSR count). The quantitative estimate of drug-likeness (QED) is 0.484. The number of carbonyl (C=O) groups is 1. The Labute approximate surface area is 185 Å². The average molecular weight is 448 g/mol. The van der Waals surface area contributed by atoms with Crippen LogP contribution in [0.1, 0.15) is 57.7 Å². The molecule has 1 atom stereocenters. The summed E-state index contributed by atoms with van der Waals surface area (Å²) in [5.74, 6) is -0.440. The summed E-state index contributed by atoms with van der Waals surface area (Å²) in [6.07, 6.45) is 3.16. The fourth-order valence-corrected chi connectivity index (χ4v) is 5.66. The molecule has 2 aromatic heterocycles. The number of imidazole rings is 1. The highest BCUT2D eigenvalue weighted by Crippen LogP contribution is 2.48. The number of aromatic nitrogens is 3. The molecule has 7 nitrogen and oxygen atoms in total. The van der Waals surface area contributed by atoms with Crippen molar-refractivity contribution < 1.29 is 18.3 Å². The van der Waals surface area contributed by atoms with E-state index in [0.29, 0.717) is 40.9 Å². The van der Waals surface area contributed by atoms with Gasteiger partial charge in [-0.1, -0.05) is 0 Å². The third-order valence-electron chi connectivity index (χ3n) is 7.21. The molecule has 5 heterocycles. The Morgan fingerprint density at radius 2 is 1.85 bits per heavy atom. The molecule has 0 radical (unpaired) electrons. The van der Waals surface area contributed by atoms with Gasteiger partial charge in [-0.15, -0.1) is 0 Å². The monoisotopic (exact) mass is 448 g/mol.